The number of aliphatic hydroxyl groups is 1. The first kappa shape index (κ1) is 19.0. The fourth-order valence-corrected chi connectivity index (χ4v) is 5.27. The van der Waals surface area contributed by atoms with Gasteiger partial charge < -0.3 is 10.4 Å². The van der Waals surface area contributed by atoms with Crippen LogP contribution in [0.2, 0.25) is 0 Å². The molecule has 0 radical (unpaired) electrons. The predicted octanol–water partition coefficient (Wildman–Crippen LogP) is 1.03. The van der Waals surface area contributed by atoms with Crippen molar-refractivity contribution in [2.45, 2.75) is 31.0 Å². The van der Waals surface area contributed by atoms with Gasteiger partial charge in [-0.1, -0.05) is 48.5 Å². The van der Waals surface area contributed by atoms with Crippen molar-refractivity contribution >= 4 is 23.4 Å². The number of nitrogens with one attached hydrogen (secondary N) is 2. The third kappa shape index (κ3) is 2.49. The van der Waals surface area contributed by atoms with Crippen molar-refractivity contribution in [3.63, 3.8) is 0 Å². The van der Waals surface area contributed by atoms with Gasteiger partial charge in [0.2, 0.25) is 17.7 Å². The fraction of sp³-hybridized carbons (Fsp3) is 0.348. The highest BCUT2D eigenvalue weighted by atomic mass is 16.3. The highest BCUT2D eigenvalue weighted by molar-refractivity contribution is 6.15. The van der Waals surface area contributed by atoms with E-state index >= 15 is 0 Å². The van der Waals surface area contributed by atoms with Crippen LogP contribution in [0.5, 0.6) is 0 Å². The molecule has 0 unspecified atom stereocenters. The maximum absolute atomic E-state index is 13.5. The lowest BCUT2D eigenvalue weighted by molar-refractivity contribution is -0.143. The van der Waals surface area contributed by atoms with Gasteiger partial charge in [-0.2, -0.15) is 0 Å². The molecule has 5 rings (SSSR count). The summed E-state index contributed by atoms with van der Waals surface area (Å²) in [6.07, 6.45) is -0.358. The number of likely N-dealkylation sites (tertiary alicyclic amines) is 1. The number of aliphatic hydroxyl groups excluding tert-OH is 1. The summed E-state index contributed by atoms with van der Waals surface area (Å²) in [7, 11) is 0. The molecular formula is C23H23N3O4. The molecule has 154 valence electrons. The molecule has 0 aliphatic carbocycles. The Kier molecular flexibility index (Phi) is 4.27. The smallest absolute Gasteiger partial charge is 0.250 e. The van der Waals surface area contributed by atoms with E-state index < -0.39 is 29.5 Å². The normalized spacial score (nSPS) is 30.5. The highest BCUT2D eigenvalue weighted by Gasteiger charge is 2.70. The van der Waals surface area contributed by atoms with E-state index in [1.54, 1.807) is 19.1 Å². The summed E-state index contributed by atoms with van der Waals surface area (Å²) < 4.78 is 0. The van der Waals surface area contributed by atoms with E-state index in [1.165, 1.54) is 4.90 Å². The molecule has 2 aromatic carbocycles. The van der Waals surface area contributed by atoms with E-state index in [-0.39, 0.29) is 24.3 Å². The summed E-state index contributed by atoms with van der Waals surface area (Å²) >= 11 is 0. The molecule has 0 saturated carbocycles. The molecule has 5 atom stereocenters. The van der Waals surface area contributed by atoms with Crippen LogP contribution in [-0.2, 0) is 26.3 Å². The average Bonchev–Trinajstić information content (AvgIpc) is 3.33. The zero-order chi connectivity index (χ0) is 21.0. The molecule has 0 bridgehead atoms. The van der Waals surface area contributed by atoms with E-state index in [9.17, 15) is 19.5 Å². The Hall–Kier alpha value is -3.03. The topological polar surface area (TPSA) is 98.7 Å². The maximum Gasteiger partial charge on any atom is 0.250 e. The van der Waals surface area contributed by atoms with Gasteiger partial charge >= 0.3 is 0 Å². The molecule has 7 nitrogen and oxygen atoms in total. The predicted molar refractivity (Wildman–Crippen MR) is 109 cm³/mol. The number of carbonyl (C=O) groups excluding carboxylic acids is 3. The number of carbonyl (C=O) groups is 3. The van der Waals surface area contributed by atoms with Gasteiger partial charge in [-0.3, -0.25) is 24.6 Å². The number of hydrogen-bond donors (Lipinski definition) is 3. The van der Waals surface area contributed by atoms with Crippen LogP contribution < -0.4 is 10.6 Å². The van der Waals surface area contributed by atoms with E-state index in [0.29, 0.717) is 17.7 Å². The Morgan fingerprint density at radius 1 is 1.03 bits per heavy atom. The van der Waals surface area contributed by atoms with Gasteiger partial charge in [-0.05, 0) is 25.0 Å². The van der Waals surface area contributed by atoms with Crippen LogP contribution in [0.1, 0.15) is 18.1 Å². The molecule has 3 aliphatic heterocycles. The van der Waals surface area contributed by atoms with Crippen molar-refractivity contribution in [2.24, 2.45) is 11.8 Å². The quantitative estimate of drug-likeness (QED) is 0.660. The minimum Gasteiger partial charge on any atom is -0.392 e. The first-order chi connectivity index (χ1) is 14.4. The molecule has 3 N–H and O–H groups in total. The third-order valence-corrected chi connectivity index (χ3v) is 6.64. The van der Waals surface area contributed by atoms with E-state index in [0.717, 1.165) is 5.56 Å². The average molecular weight is 405 g/mol. The number of fused-ring (bicyclic) bond motifs is 4. The van der Waals surface area contributed by atoms with Gasteiger partial charge in [0, 0.05) is 23.8 Å². The summed E-state index contributed by atoms with van der Waals surface area (Å²) in [4.78, 5) is 41.3. The first-order valence-electron chi connectivity index (χ1n) is 10.2. The molecule has 2 saturated heterocycles. The Bertz CT molecular complexity index is 1040. The SMILES string of the molecule is C[C@H](O)[C@H]1N[C@@]2(C(=O)Nc3ccccc32)[C@@H]2C(=O)N(CCc3ccccc3)C(=O)[C@H]12. The van der Waals surface area contributed by atoms with Crippen LogP contribution in [0, 0.1) is 11.8 Å². The lowest BCUT2D eigenvalue weighted by atomic mass is 9.76. The molecule has 1 spiro atoms. The standard InChI is InChI=1S/C23H23N3O4/c1-13(27)19-17-18(23(25-19)15-9-5-6-10-16(15)24-22(23)30)21(29)26(20(17)28)12-11-14-7-3-2-4-8-14/h2-10,13,17-19,25,27H,11-12H2,1H3,(H,24,30)/t13-,17-,18-,19+,23+/m0/s1. The summed E-state index contributed by atoms with van der Waals surface area (Å²) in [6.45, 7) is 1.83. The number of imide groups is 1. The largest absolute Gasteiger partial charge is 0.392 e. The van der Waals surface area contributed by atoms with Gasteiger partial charge in [0.1, 0.15) is 5.54 Å². The number of rotatable bonds is 4. The van der Waals surface area contributed by atoms with Crippen molar-refractivity contribution in [1.29, 1.82) is 0 Å². The molecule has 3 amide bonds. The molecule has 30 heavy (non-hydrogen) atoms. The summed E-state index contributed by atoms with van der Waals surface area (Å²) in [5, 5.41) is 16.4. The van der Waals surface area contributed by atoms with Crippen molar-refractivity contribution in [2.75, 3.05) is 11.9 Å². The van der Waals surface area contributed by atoms with Crippen LogP contribution in [0.3, 0.4) is 0 Å². The van der Waals surface area contributed by atoms with E-state index in [1.807, 2.05) is 42.5 Å². The second kappa shape index (κ2) is 6.75. The van der Waals surface area contributed by atoms with Gasteiger partial charge in [0.15, 0.2) is 0 Å². The Morgan fingerprint density at radius 3 is 2.47 bits per heavy atom. The minimum atomic E-state index is -1.35. The maximum atomic E-state index is 13.5. The number of para-hydroxylation sites is 1. The highest BCUT2D eigenvalue weighted by Crippen LogP contribution is 2.53. The number of anilines is 1. The molecule has 7 heteroatoms. The van der Waals surface area contributed by atoms with Crippen LogP contribution >= 0.6 is 0 Å². The van der Waals surface area contributed by atoms with Crippen molar-refractivity contribution in [3.05, 3.63) is 65.7 Å². The third-order valence-electron chi connectivity index (χ3n) is 6.64. The Labute approximate surface area is 174 Å². The van der Waals surface area contributed by atoms with E-state index in [4.69, 9.17) is 0 Å². The lowest BCUT2D eigenvalue weighted by Gasteiger charge is -2.30. The summed E-state index contributed by atoms with van der Waals surface area (Å²) in [6, 6.07) is 16.2. The van der Waals surface area contributed by atoms with Crippen LogP contribution in [0.25, 0.3) is 0 Å². The number of benzene rings is 2. The Morgan fingerprint density at radius 2 is 1.73 bits per heavy atom. The second-order valence-corrected chi connectivity index (χ2v) is 8.29. The lowest BCUT2D eigenvalue weighted by Crippen LogP contribution is -2.54. The van der Waals surface area contributed by atoms with Crippen LogP contribution in [0.15, 0.2) is 54.6 Å². The summed E-state index contributed by atoms with van der Waals surface area (Å²) in [5.41, 5.74) is 0.957. The molecule has 2 fully saturated rings. The molecule has 2 aromatic rings. The molecule has 3 aliphatic rings. The molecule has 3 heterocycles. The van der Waals surface area contributed by atoms with E-state index in [2.05, 4.69) is 10.6 Å². The number of amides is 3. The van der Waals surface area contributed by atoms with Crippen LogP contribution in [0.4, 0.5) is 5.69 Å². The monoisotopic (exact) mass is 405 g/mol. The zero-order valence-corrected chi connectivity index (χ0v) is 16.5. The summed E-state index contributed by atoms with van der Waals surface area (Å²) in [5.74, 6) is -2.71. The number of hydrogen-bond acceptors (Lipinski definition) is 5. The molecular weight excluding hydrogens is 382 g/mol. The van der Waals surface area contributed by atoms with Gasteiger partial charge in [-0.15, -0.1) is 0 Å². The zero-order valence-electron chi connectivity index (χ0n) is 16.5. The van der Waals surface area contributed by atoms with Crippen LogP contribution in [-0.4, -0.2) is 46.4 Å². The van der Waals surface area contributed by atoms with Crippen molar-refractivity contribution in [3.8, 4) is 0 Å². The van der Waals surface area contributed by atoms with Gasteiger partial charge in [0.05, 0.1) is 17.9 Å². The minimum absolute atomic E-state index is 0.251. The number of nitrogens with zero attached hydrogens (tertiary/aromatic N) is 1. The van der Waals surface area contributed by atoms with Gasteiger partial charge in [0.25, 0.3) is 0 Å². The van der Waals surface area contributed by atoms with Gasteiger partial charge in [-0.25, -0.2) is 0 Å². The van der Waals surface area contributed by atoms with Crippen molar-refractivity contribution in [1.82, 2.24) is 10.2 Å². The van der Waals surface area contributed by atoms with Crippen molar-refractivity contribution < 1.29 is 19.5 Å². The second-order valence-electron chi connectivity index (χ2n) is 8.29. The fourth-order valence-electron chi connectivity index (χ4n) is 5.27. The molecule has 0 aromatic heterocycles. The first-order valence-corrected chi connectivity index (χ1v) is 10.2. The Balaban J connectivity index is 1.54.